The summed E-state index contributed by atoms with van der Waals surface area (Å²) in [4.78, 5) is 38.8. The Kier molecular flexibility index (Phi) is 6.19. The van der Waals surface area contributed by atoms with Crippen LogP contribution in [0.25, 0.3) is 22.5 Å². The van der Waals surface area contributed by atoms with Gasteiger partial charge in [0.1, 0.15) is 5.82 Å². The van der Waals surface area contributed by atoms with Crippen LogP contribution >= 0.6 is 11.8 Å². The van der Waals surface area contributed by atoms with Crippen molar-refractivity contribution in [3.8, 4) is 11.4 Å². The maximum atomic E-state index is 12.4. The van der Waals surface area contributed by atoms with Crippen molar-refractivity contribution in [3.63, 3.8) is 0 Å². The molecule has 10 nitrogen and oxygen atoms in total. The van der Waals surface area contributed by atoms with Crippen LogP contribution in [0, 0.1) is 0 Å². The smallest absolute Gasteiger partial charge is 0.408 e. The first-order valence-corrected chi connectivity index (χ1v) is 11.9. The van der Waals surface area contributed by atoms with Crippen molar-refractivity contribution in [3.05, 3.63) is 59.2 Å². The van der Waals surface area contributed by atoms with Gasteiger partial charge in [-0.2, -0.15) is 0 Å². The molecule has 4 aromatic rings. The van der Waals surface area contributed by atoms with Gasteiger partial charge in [-0.1, -0.05) is 0 Å². The third-order valence-corrected chi connectivity index (χ3v) is 6.07. The molecule has 0 saturated carbocycles. The van der Waals surface area contributed by atoms with E-state index >= 15 is 0 Å². The molecule has 1 saturated heterocycles. The fourth-order valence-corrected chi connectivity index (χ4v) is 4.18. The second kappa shape index (κ2) is 9.57. The first-order chi connectivity index (χ1) is 16.6. The Bertz CT molecular complexity index is 1380. The van der Waals surface area contributed by atoms with Gasteiger partial charge in [0.2, 0.25) is 0 Å². The highest BCUT2D eigenvalue weighted by molar-refractivity contribution is 7.98. The predicted molar refractivity (Wildman–Crippen MR) is 132 cm³/mol. The Morgan fingerprint density at radius 3 is 2.59 bits per heavy atom. The standard InChI is InChI=1S/C23H22N6O4S/c1-34-19-13-24-20(28-21(19)29-8-10-32-11-9-29)14-2-4-15(5-3-14)25-22(30)26-16-6-7-17-18(12-16)33-23(31)27-17/h2-7,12-13H,8-11H2,1H3,(H,27,31)(H2,25,26,30). The van der Waals surface area contributed by atoms with E-state index in [0.29, 0.717) is 41.5 Å². The number of nitrogens with one attached hydrogen (secondary N) is 3. The summed E-state index contributed by atoms with van der Waals surface area (Å²) in [6.07, 6.45) is 3.86. The molecule has 0 unspecified atom stereocenters. The minimum Gasteiger partial charge on any atom is -0.408 e. The van der Waals surface area contributed by atoms with Crippen LogP contribution in [0.15, 0.2) is 62.8 Å². The number of rotatable bonds is 5. The van der Waals surface area contributed by atoms with E-state index in [1.54, 1.807) is 42.1 Å². The van der Waals surface area contributed by atoms with E-state index in [1.807, 2.05) is 24.6 Å². The highest BCUT2D eigenvalue weighted by Gasteiger charge is 2.18. The average molecular weight is 479 g/mol. The number of H-pyrrole nitrogens is 1. The van der Waals surface area contributed by atoms with Gasteiger partial charge in [-0.3, -0.25) is 4.98 Å². The van der Waals surface area contributed by atoms with Crippen LogP contribution in [-0.2, 0) is 4.74 Å². The Hall–Kier alpha value is -3.83. The number of amides is 2. The van der Waals surface area contributed by atoms with Gasteiger partial charge < -0.3 is 24.7 Å². The Labute approximate surface area is 198 Å². The van der Waals surface area contributed by atoms with Crippen LogP contribution < -0.4 is 21.3 Å². The highest BCUT2D eigenvalue weighted by Crippen LogP contribution is 2.29. The van der Waals surface area contributed by atoms with Gasteiger partial charge in [0, 0.05) is 42.3 Å². The second-order valence-corrected chi connectivity index (χ2v) is 8.42. The van der Waals surface area contributed by atoms with Crippen molar-refractivity contribution < 1.29 is 13.9 Å². The molecule has 3 N–H and O–H groups in total. The zero-order valence-electron chi connectivity index (χ0n) is 18.3. The molecule has 1 aliphatic heterocycles. The van der Waals surface area contributed by atoms with E-state index in [0.717, 1.165) is 29.4 Å². The molecule has 34 heavy (non-hydrogen) atoms. The maximum absolute atomic E-state index is 12.4. The molecular weight excluding hydrogens is 456 g/mol. The first-order valence-electron chi connectivity index (χ1n) is 10.6. The normalized spacial score (nSPS) is 13.7. The zero-order chi connectivity index (χ0) is 23.5. The molecule has 2 aromatic heterocycles. The minimum atomic E-state index is -0.541. The van der Waals surface area contributed by atoms with Crippen LogP contribution in [0.5, 0.6) is 0 Å². The molecule has 0 bridgehead atoms. The zero-order valence-corrected chi connectivity index (χ0v) is 19.1. The van der Waals surface area contributed by atoms with Crippen molar-refractivity contribution in [2.75, 3.05) is 48.1 Å². The molecule has 5 rings (SSSR count). The summed E-state index contributed by atoms with van der Waals surface area (Å²) < 4.78 is 10.5. The van der Waals surface area contributed by atoms with Gasteiger partial charge in [-0.25, -0.2) is 19.6 Å². The van der Waals surface area contributed by atoms with Gasteiger partial charge >= 0.3 is 11.8 Å². The summed E-state index contributed by atoms with van der Waals surface area (Å²) in [7, 11) is 0. The lowest BCUT2D eigenvalue weighted by molar-refractivity contribution is 0.122. The number of carbonyl (C=O) groups excluding carboxylic acids is 1. The third kappa shape index (κ3) is 4.75. The van der Waals surface area contributed by atoms with Crippen molar-refractivity contribution in [2.45, 2.75) is 4.90 Å². The van der Waals surface area contributed by atoms with Crippen LogP contribution in [0.3, 0.4) is 0 Å². The number of anilines is 3. The van der Waals surface area contributed by atoms with Crippen molar-refractivity contribution in [1.29, 1.82) is 0 Å². The molecule has 0 radical (unpaired) electrons. The molecule has 0 atom stereocenters. The average Bonchev–Trinajstić information content (AvgIpc) is 3.24. The number of benzene rings is 2. The molecule has 2 amide bonds. The Morgan fingerprint density at radius 1 is 1.09 bits per heavy atom. The largest absolute Gasteiger partial charge is 0.417 e. The predicted octanol–water partition coefficient (Wildman–Crippen LogP) is 3.78. The Morgan fingerprint density at radius 2 is 1.82 bits per heavy atom. The molecule has 174 valence electrons. The molecule has 11 heteroatoms. The molecule has 3 heterocycles. The van der Waals surface area contributed by atoms with Gasteiger partial charge in [-0.05, 0) is 42.7 Å². The number of hydrogen-bond donors (Lipinski definition) is 3. The number of oxazole rings is 1. The topological polar surface area (TPSA) is 125 Å². The summed E-state index contributed by atoms with van der Waals surface area (Å²) in [5.74, 6) is 0.995. The van der Waals surface area contributed by atoms with Gasteiger partial charge in [0.05, 0.1) is 23.6 Å². The minimum absolute atomic E-state index is 0.371. The number of fused-ring (bicyclic) bond motifs is 1. The van der Waals surface area contributed by atoms with Gasteiger partial charge in [0.15, 0.2) is 11.4 Å². The van der Waals surface area contributed by atoms with Crippen molar-refractivity contribution >= 4 is 46.1 Å². The van der Waals surface area contributed by atoms with E-state index in [1.165, 1.54) is 0 Å². The quantitative estimate of drug-likeness (QED) is 0.370. The lowest BCUT2D eigenvalue weighted by Crippen LogP contribution is -2.37. The highest BCUT2D eigenvalue weighted by atomic mass is 32.2. The molecule has 1 fully saturated rings. The lowest BCUT2D eigenvalue weighted by Gasteiger charge is -2.29. The fraction of sp³-hybridized carbons (Fsp3) is 0.217. The maximum Gasteiger partial charge on any atom is 0.417 e. The molecule has 2 aromatic carbocycles. The van der Waals surface area contributed by atoms with Crippen LogP contribution in [0.2, 0.25) is 0 Å². The van der Waals surface area contributed by atoms with E-state index < -0.39 is 11.8 Å². The summed E-state index contributed by atoms with van der Waals surface area (Å²) in [5.41, 5.74) is 2.90. The van der Waals surface area contributed by atoms with E-state index in [2.05, 4.69) is 25.5 Å². The summed E-state index contributed by atoms with van der Waals surface area (Å²) >= 11 is 1.62. The number of nitrogens with zero attached hydrogens (tertiary/aromatic N) is 3. The summed E-state index contributed by atoms with van der Waals surface area (Å²) in [5, 5.41) is 5.51. The number of hydrogen-bond acceptors (Lipinski definition) is 8. The molecular formula is C23H22N6O4S. The second-order valence-electron chi connectivity index (χ2n) is 7.57. The summed E-state index contributed by atoms with van der Waals surface area (Å²) in [6, 6.07) is 11.8. The number of thioether (sulfide) groups is 1. The number of urea groups is 1. The number of ether oxygens (including phenoxy) is 1. The third-order valence-electron chi connectivity index (χ3n) is 5.35. The van der Waals surface area contributed by atoms with Crippen LogP contribution in [0.1, 0.15) is 0 Å². The monoisotopic (exact) mass is 478 g/mol. The number of aromatic nitrogens is 3. The van der Waals surface area contributed by atoms with E-state index in [9.17, 15) is 9.59 Å². The molecule has 0 spiro atoms. The molecule has 0 aliphatic carbocycles. The fourth-order valence-electron chi connectivity index (χ4n) is 3.67. The molecule has 1 aliphatic rings. The summed E-state index contributed by atoms with van der Waals surface area (Å²) in [6.45, 7) is 2.96. The van der Waals surface area contributed by atoms with E-state index in [4.69, 9.17) is 14.1 Å². The first kappa shape index (κ1) is 22.0. The number of morpholine rings is 1. The lowest BCUT2D eigenvalue weighted by atomic mass is 10.2. The van der Waals surface area contributed by atoms with Gasteiger partial charge in [-0.15, -0.1) is 11.8 Å². The van der Waals surface area contributed by atoms with Crippen molar-refractivity contribution in [1.82, 2.24) is 15.0 Å². The van der Waals surface area contributed by atoms with Crippen LogP contribution in [-0.4, -0.2) is 53.5 Å². The number of aromatic amines is 1. The van der Waals surface area contributed by atoms with E-state index in [-0.39, 0.29) is 0 Å². The SMILES string of the molecule is CSc1cnc(-c2ccc(NC(=O)Nc3ccc4[nH]c(=O)oc4c3)cc2)nc1N1CCOCC1. The number of carbonyl (C=O) groups is 1. The Balaban J connectivity index is 1.28. The van der Waals surface area contributed by atoms with Crippen LogP contribution in [0.4, 0.5) is 22.0 Å². The van der Waals surface area contributed by atoms with Gasteiger partial charge in [0.25, 0.3) is 0 Å². The van der Waals surface area contributed by atoms with Crippen molar-refractivity contribution in [2.24, 2.45) is 0 Å².